The molecule has 2 atom stereocenters. The fourth-order valence-electron chi connectivity index (χ4n) is 5.29. The third-order valence-electron chi connectivity index (χ3n) is 7.70. The largest absolute Gasteiger partial charge is 0.484 e. The summed E-state index contributed by atoms with van der Waals surface area (Å²) in [5.74, 6) is -0.684. The van der Waals surface area contributed by atoms with Crippen molar-refractivity contribution in [3.05, 3.63) is 47.3 Å². The molecule has 1 aromatic carbocycles. The smallest absolute Gasteiger partial charge is 0.270 e. The lowest BCUT2D eigenvalue weighted by molar-refractivity contribution is -0.136. The maximum atomic E-state index is 13.5. The highest BCUT2D eigenvalue weighted by molar-refractivity contribution is 5.96. The second-order valence-electron chi connectivity index (χ2n) is 12.9. The number of carbonyl (C=O) groups is 5. The first-order chi connectivity index (χ1) is 22.4. The Morgan fingerprint density at radius 1 is 1.02 bits per heavy atom. The molecule has 258 valence electrons. The van der Waals surface area contributed by atoms with Crippen molar-refractivity contribution < 1.29 is 28.7 Å². The minimum Gasteiger partial charge on any atom is -0.484 e. The fraction of sp³-hybridized carbons (Fsp3) is 0.588. The maximum absolute atomic E-state index is 13.5. The van der Waals surface area contributed by atoms with Crippen LogP contribution in [0.25, 0.3) is 0 Å². The summed E-state index contributed by atoms with van der Waals surface area (Å²) in [6.45, 7) is 11.0. The van der Waals surface area contributed by atoms with Gasteiger partial charge in [-0.15, -0.1) is 0 Å². The summed E-state index contributed by atoms with van der Waals surface area (Å²) >= 11 is 0. The first kappa shape index (κ1) is 37.0. The zero-order chi connectivity index (χ0) is 34.5. The normalized spacial score (nSPS) is 19.4. The maximum Gasteiger partial charge on any atom is 0.270 e. The van der Waals surface area contributed by atoms with E-state index < -0.39 is 23.9 Å². The molecule has 2 bridgehead atoms. The van der Waals surface area contributed by atoms with Crippen molar-refractivity contribution in [2.75, 3.05) is 33.3 Å². The molecule has 13 nitrogen and oxygen atoms in total. The molecule has 0 unspecified atom stereocenters. The Hall–Kier alpha value is -4.42. The number of nitrogens with zero attached hydrogens (tertiary/aromatic N) is 3. The summed E-state index contributed by atoms with van der Waals surface area (Å²) in [7, 11) is 1.63. The van der Waals surface area contributed by atoms with E-state index in [0.717, 1.165) is 17.7 Å². The Bertz CT molecular complexity index is 1370. The van der Waals surface area contributed by atoms with E-state index in [9.17, 15) is 24.0 Å². The first-order valence-corrected chi connectivity index (χ1v) is 16.5. The molecule has 3 heterocycles. The van der Waals surface area contributed by atoms with Crippen molar-refractivity contribution in [1.82, 2.24) is 35.9 Å². The minimum atomic E-state index is -0.913. The van der Waals surface area contributed by atoms with Gasteiger partial charge in [-0.05, 0) is 61.8 Å². The molecule has 0 saturated carbocycles. The number of benzene rings is 1. The molecular weight excluding hydrogens is 602 g/mol. The highest BCUT2D eigenvalue weighted by Crippen LogP contribution is 2.15. The molecule has 2 aliphatic heterocycles. The van der Waals surface area contributed by atoms with Crippen LogP contribution in [0, 0.1) is 11.8 Å². The van der Waals surface area contributed by atoms with E-state index in [4.69, 9.17) is 4.74 Å². The van der Waals surface area contributed by atoms with Crippen LogP contribution in [0.5, 0.6) is 5.75 Å². The van der Waals surface area contributed by atoms with Gasteiger partial charge in [0.2, 0.25) is 17.7 Å². The van der Waals surface area contributed by atoms with Gasteiger partial charge in [0.25, 0.3) is 11.8 Å². The Kier molecular flexibility index (Phi) is 14.2. The van der Waals surface area contributed by atoms with Crippen LogP contribution in [-0.4, -0.2) is 89.6 Å². The number of rotatable bonds is 7. The number of aromatic nitrogens is 2. The Morgan fingerprint density at radius 3 is 2.40 bits per heavy atom. The zero-order valence-electron chi connectivity index (χ0n) is 28.6. The van der Waals surface area contributed by atoms with E-state index in [1.165, 1.54) is 4.90 Å². The van der Waals surface area contributed by atoms with Crippen molar-refractivity contribution >= 4 is 29.5 Å². The summed E-state index contributed by atoms with van der Waals surface area (Å²) in [6, 6.07) is 7.11. The van der Waals surface area contributed by atoms with E-state index in [-0.39, 0.29) is 62.7 Å². The predicted octanol–water partition coefficient (Wildman–Crippen LogP) is 1.84. The van der Waals surface area contributed by atoms with Crippen molar-refractivity contribution in [2.24, 2.45) is 11.8 Å². The minimum absolute atomic E-state index is 0.106. The Balaban J connectivity index is 1.80. The summed E-state index contributed by atoms with van der Waals surface area (Å²) in [6.07, 6.45) is 1.83. The molecule has 0 spiro atoms. The molecule has 2 aromatic rings. The molecule has 0 saturated heterocycles. The lowest BCUT2D eigenvalue weighted by atomic mass is 10.0. The zero-order valence-corrected chi connectivity index (χ0v) is 28.6. The molecule has 0 radical (unpaired) electrons. The van der Waals surface area contributed by atoms with Crippen LogP contribution < -0.4 is 26.0 Å². The van der Waals surface area contributed by atoms with Crippen molar-refractivity contribution in [3.8, 4) is 5.75 Å². The number of likely N-dealkylation sites (N-methyl/N-ethyl adjacent to an activating group) is 1. The van der Waals surface area contributed by atoms with Crippen LogP contribution in [0.15, 0.2) is 30.3 Å². The number of aryl methyl sites for hydroxylation is 1. The van der Waals surface area contributed by atoms with E-state index >= 15 is 0 Å². The first-order valence-electron chi connectivity index (χ1n) is 16.5. The summed E-state index contributed by atoms with van der Waals surface area (Å²) in [5, 5.41) is 15.9. The van der Waals surface area contributed by atoms with Crippen LogP contribution in [0.3, 0.4) is 0 Å². The van der Waals surface area contributed by atoms with E-state index in [2.05, 4.69) is 40.2 Å². The SMILES string of the molecule is CCn1nc(CC(C)C)cc1C(=O)N[C@H]1Cc2ccc(cc2)OCC(=O)NCCN(C)C(=O)[C@H](CC(C)C)NC(=O)CCCNC1=O. The quantitative estimate of drug-likeness (QED) is 0.331. The van der Waals surface area contributed by atoms with Gasteiger partial charge in [0.15, 0.2) is 6.61 Å². The summed E-state index contributed by atoms with van der Waals surface area (Å²) < 4.78 is 7.27. The van der Waals surface area contributed by atoms with Crippen molar-refractivity contribution in [3.63, 3.8) is 0 Å². The molecule has 2 aliphatic rings. The lowest BCUT2D eigenvalue weighted by Crippen LogP contribution is -2.50. The average molecular weight is 654 g/mol. The summed E-state index contributed by atoms with van der Waals surface area (Å²) in [5.41, 5.74) is 1.96. The second-order valence-corrected chi connectivity index (χ2v) is 12.9. The number of ether oxygens (including phenoxy) is 1. The van der Waals surface area contributed by atoms with Crippen LogP contribution >= 0.6 is 0 Å². The van der Waals surface area contributed by atoms with Gasteiger partial charge in [-0.25, -0.2) is 0 Å². The topological polar surface area (TPSA) is 164 Å². The van der Waals surface area contributed by atoms with Crippen LogP contribution in [-0.2, 0) is 38.6 Å². The fourth-order valence-corrected chi connectivity index (χ4v) is 5.29. The number of fused-ring (bicyclic) bond motifs is 19. The van der Waals surface area contributed by atoms with Crippen molar-refractivity contribution in [2.45, 2.75) is 85.4 Å². The van der Waals surface area contributed by atoms with E-state index in [0.29, 0.717) is 36.7 Å². The third-order valence-corrected chi connectivity index (χ3v) is 7.70. The van der Waals surface area contributed by atoms with Crippen LogP contribution in [0.4, 0.5) is 0 Å². The van der Waals surface area contributed by atoms with Gasteiger partial charge >= 0.3 is 0 Å². The number of hydrogen-bond acceptors (Lipinski definition) is 7. The van der Waals surface area contributed by atoms with Gasteiger partial charge in [-0.1, -0.05) is 39.8 Å². The predicted molar refractivity (Wildman–Crippen MR) is 178 cm³/mol. The molecule has 47 heavy (non-hydrogen) atoms. The number of hydrogen-bond donors (Lipinski definition) is 4. The molecule has 0 aliphatic carbocycles. The average Bonchev–Trinajstić information content (AvgIpc) is 3.43. The number of amides is 5. The molecule has 1 aromatic heterocycles. The molecule has 4 N–H and O–H groups in total. The number of carbonyl (C=O) groups excluding carboxylic acids is 5. The van der Waals surface area contributed by atoms with Crippen molar-refractivity contribution in [1.29, 1.82) is 0 Å². The third kappa shape index (κ3) is 12.0. The van der Waals surface area contributed by atoms with Crippen LogP contribution in [0.1, 0.15) is 75.6 Å². The molecule has 13 heteroatoms. The summed E-state index contributed by atoms with van der Waals surface area (Å²) in [4.78, 5) is 66.8. The van der Waals surface area contributed by atoms with E-state index in [1.807, 2.05) is 20.8 Å². The monoisotopic (exact) mass is 653 g/mol. The Morgan fingerprint density at radius 2 is 1.74 bits per heavy atom. The second kappa shape index (κ2) is 18.1. The van der Waals surface area contributed by atoms with E-state index in [1.54, 1.807) is 42.1 Å². The molecule has 4 rings (SSSR count). The lowest BCUT2D eigenvalue weighted by Gasteiger charge is -2.26. The molecular formula is C34H51N7O6. The van der Waals surface area contributed by atoms with Gasteiger partial charge in [0.05, 0.1) is 5.69 Å². The standard InChI is InChI=1S/C34H51N7O6/c1-7-41-29(20-25(39-41)17-22(2)3)33(45)38-27-19-24-10-12-26(13-11-24)47-21-31(43)35-15-16-40(6)34(46)28(18-23(4)5)37-30(42)9-8-14-36-32(27)44/h10-13,20,22-23,27-28H,7-9,14-19,21H2,1-6H3,(H,35,43)(H,36,44)(H,37,42)(H,38,45)/t27-,28-/m0/s1. The highest BCUT2D eigenvalue weighted by atomic mass is 16.5. The van der Waals surface area contributed by atoms with Crippen LogP contribution in [0.2, 0.25) is 0 Å². The number of nitrogens with one attached hydrogen (secondary N) is 4. The van der Waals surface area contributed by atoms with Gasteiger partial charge in [0.1, 0.15) is 23.5 Å². The van der Waals surface area contributed by atoms with Gasteiger partial charge in [-0.3, -0.25) is 28.7 Å². The molecule has 0 fully saturated rings. The Labute approximate surface area is 277 Å². The van der Waals surface area contributed by atoms with Gasteiger partial charge in [-0.2, -0.15) is 5.10 Å². The van der Waals surface area contributed by atoms with Gasteiger partial charge < -0.3 is 30.9 Å². The van der Waals surface area contributed by atoms with Gasteiger partial charge in [0, 0.05) is 46.1 Å². The molecule has 5 amide bonds. The highest BCUT2D eigenvalue weighted by Gasteiger charge is 2.26.